The van der Waals surface area contributed by atoms with Gasteiger partial charge in [-0.1, -0.05) is 53.4 Å². The molecule has 3 aromatic rings. The summed E-state index contributed by atoms with van der Waals surface area (Å²) >= 11 is 3.39. The van der Waals surface area contributed by atoms with Crippen molar-refractivity contribution in [3.63, 3.8) is 0 Å². The first-order valence-corrected chi connectivity index (χ1v) is 18.9. The quantitative estimate of drug-likeness (QED) is 0.196. The number of ether oxygens (including phenoxy) is 1. The minimum atomic E-state index is -5.08. The van der Waals surface area contributed by atoms with Crippen LogP contribution in [0.3, 0.4) is 0 Å². The molecule has 3 aromatic carbocycles. The van der Waals surface area contributed by atoms with Crippen LogP contribution in [0.4, 0.5) is 22.0 Å². The highest BCUT2D eigenvalue weighted by Crippen LogP contribution is 2.41. The topological polar surface area (TPSA) is 139 Å². The Kier molecular flexibility index (Phi) is 12.0. The summed E-state index contributed by atoms with van der Waals surface area (Å²) in [5.41, 5.74) is 5.73. The Morgan fingerprint density at radius 1 is 0.902 bits per heavy atom. The first kappa shape index (κ1) is 38.9. The standard InChI is InChI=1S/C33H38BrF2N3O4S.C2HF3O2/c34-25-9-7-22-16-24(8-6-23(22)17-25)33(35,36)31(32(40)39-27-10-11-28(39)19-26(37)18-27)38-44(41,42)30-14-12-29(13-15-30)43-20-21-4-2-1-3-5-21;3-2(4,5)1(6)7/h6-9,12-17,21,26-28,31,38H,1-5,10-11,18-20,37H2;(H,6,7). The second-order valence-electron chi connectivity index (χ2n) is 13.3. The zero-order valence-corrected chi connectivity index (χ0v) is 29.8. The Morgan fingerprint density at radius 2 is 1.47 bits per heavy atom. The van der Waals surface area contributed by atoms with Crippen molar-refractivity contribution in [2.75, 3.05) is 6.61 Å². The number of nitrogens with one attached hydrogen (secondary N) is 1. The van der Waals surface area contributed by atoms with E-state index < -0.39 is 45.6 Å². The van der Waals surface area contributed by atoms with Crippen LogP contribution >= 0.6 is 15.9 Å². The lowest BCUT2D eigenvalue weighted by Crippen LogP contribution is -2.60. The van der Waals surface area contributed by atoms with E-state index in [0.29, 0.717) is 49.3 Å². The summed E-state index contributed by atoms with van der Waals surface area (Å²) in [5, 5.41) is 8.41. The maximum atomic E-state index is 16.5. The normalized spacial score (nSPS) is 21.9. The van der Waals surface area contributed by atoms with E-state index in [0.717, 1.165) is 22.7 Å². The maximum absolute atomic E-state index is 16.5. The Hall–Kier alpha value is -3.34. The highest BCUT2D eigenvalue weighted by molar-refractivity contribution is 9.10. The molecule has 3 fully saturated rings. The molecule has 278 valence electrons. The van der Waals surface area contributed by atoms with E-state index in [1.807, 2.05) is 0 Å². The van der Waals surface area contributed by atoms with Gasteiger partial charge in [-0.05, 0) is 97.7 Å². The van der Waals surface area contributed by atoms with E-state index in [9.17, 15) is 26.4 Å². The van der Waals surface area contributed by atoms with Crippen LogP contribution in [-0.4, -0.2) is 67.3 Å². The van der Waals surface area contributed by atoms with Crippen LogP contribution in [-0.2, 0) is 25.5 Å². The van der Waals surface area contributed by atoms with Crippen molar-refractivity contribution >= 4 is 48.6 Å². The molecule has 1 aliphatic carbocycles. The van der Waals surface area contributed by atoms with Crippen LogP contribution < -0.4 is 15.2 Å². The van der Waals surface area contributed by atoms with E-state index in [1.165, 1.54) is 60.6 Å². The number of carbonyl (C=O) groups excluding carboxylic acids is 1. The summed E-state index contributed by atoms with van der Waals surface area (Å²) in [7, 11) is -4.52. The van der Waals surface area contributed by atoms with Crippen molar-refractivity contribution in [3.8, 4) is 5.75 Å². The molecule has 0 spiro atoms. The summed E-state index contributed by atoms with van der Waals surface area (Å²) in [6, 6.07) is 12.0. The van der Waals surface area contributed by atoms with Gasteiger partial charge < -0.3 is 20.5 Å². The third-order valence-corrected chi connectivity index (χ3v) is 11.6. The van der Waals surface area contributed by atoms with Crippen molar-refractivity contribution in [1.82, 2.24) is 9.62 Å². The van der Waals surface area contributed by atoms with Gasteiger partial charge in [-0.3, -0.25) is 4.79 Å². The molecule has 2 bridgehead atoms. The lowest BCUT2D eigenvalue weighted by Gasteiger charge is -2.41. The predicted molar refractivity (Wildman–Crippen MR) is 183 cm³/mol. The Balaban J connectivity index is 0.000000654. The van der Waals surface area contributed by atoms with E-state index >= 15 is 8.78 Å². The van der Waals surface area contributed by atoms with Gasteiger partial charge in [-0.2, -0.15) is 26.7 Å². The molecule has 4 N–H and O–H groups in total. The number of carboxylic acid groups (broad SMARTS) is 1. The molecule has 2 saturated heterocycles. The van der Waals surface area contributed by atoms with E-state index in [2.05, 4.69) is 20.7 Å². The number of amides is 1. The fourth-order valence-corrected chi connectivity index (χ4v) is 8.67. The molecule has 2 heterocycles. The highest BCUT2D eigenvalue weighted by Gasteiger charge is 2.53. The van der Waals surface area contributed by atoms with Crippen LogP contribution in [0.5, 0.6) is 5.75 Å². The summed E-state index contributed by atoms with van der Waals surface area (Å²) in [4.78, 5) is 24.2. The number of nitrogens with two attached hydrogens (primary N) is 1. The average molecular weight is 805 g/mol. The van der Waals surface area contributed by atoms with Gasteiger partial charge in [0.2, 0.25) is 15.9 Å². The van der Waals surface area contributed by atoms with Gasteiger partial charge in [0.1, 0.15) is 5.75 Å². The fourth-order valence-electron chi connectivity index (χ4n) is 7.10. The van der Waals surface area contributed by atoms with Crippen molar-refractivity contribution < 1.29 is 49.8 Å². The zero-order valence-electron chi connectivity index (χ0n) is 27.4. The van der Waals surface area contributed by atoms with Gasteiger partial charge in [0.05, 0.1) is 11.5 Å². The summed E-state index contributed by atoms with van der Waals surface area (Å²) in [5.74, 6) is -6.56. The minimum absolute atomic E-state index is 0.120. The summed E-state index contributed by atoms with van der Waals surface area (Å²) in [6.07, 6.45) is 3.06. The molecule has 2 aliphatic heterocycles. The molecule has 16 heteroatoms. The van der Waals surface area contributed by atoms with Crippen molar-refractivity contribution in [1.29, 1.82) is 0 Å². The number of carbonyl (C=O) groups is 2. The Morgan fingerprint density at radius 3 is 2.06 bits per heavy atom. The molecular formula is C35H39BrF5N3O6S. The second kappa shape index (κ2) is 15.7. The van der Waals surface area contributed by atoms with Crippen LogP contribution in [0.15, 0.2) is 70.0 Å². The number of fused-ring (bicyclic) bond motifs is 3. The minimum Gasteiger partial charge on any atom is -0.493 e. The second-order valence-corrected chi connectivity index (χ2v) is 16.0. The van der Waals surface area contributed by atoms with Crippen molar-refractivity contribution in [2.45, 2.75) is 98.9 Å². The Bertz CT molecular complexity index is 1810. The number of rotatable bonds is 9. The number of alkyl halides is 5. The van der Waals surface area contributed by atoms with Crippen molar-refractivity contribution in [2.24, 2.45) is 11.7 Å². The van der Waals surface area contributed by atoms with Gasteiger partial charge in [-0.15, -0.1) is 0 Å². The molecule has 3 unspecified atom stereocenters. The molecule has 1 saturated carbocycles. The van der Waals surface area contributed by atoms with Gasteiger partial charge in [0, 0.05) is 28.2 Å². The lowest BCUT2D eigenvalue weighted by molar-refractivity contribution is -0.192. The van der Waals surface area contributed by atoms with Gasteiger partial charge in [-0.25, -0.2) is 13.2 Å². The number of nitrogens with zero attached hydrogens (tertiary/aromatic N) is 1. The Labute approximate surface area is 300 Å². The molecule has 1 amide bonds. The molecule has 6 rings (SSSR count). The van der Waals surface area contributed by atoms with E-state index in [-0.39, 0.29) is 23.0 Å². The largest absolute Gasteiger partial charge is 0.493 e. The molecule has 0 radical (unpaired) electrons. The average Bonchev–Trinajstić information content (AvgIpc) is 3.36. The van der Waals surface area contributed by atoms with Crippen molar-refractivity contribution in [3.05, 3.63) is 70.7 Å². The van der Waals surface area contributed by atoms with Gasteiger partial charge in [0.15, 0.2) is 6.04 Å². The number of hydrogen-bond acceptors (Lipinski definition) is 6. The number of benzene rings is 3. The van der Waals surface area contributed by atoms with E-state index in [4.69, 9.17) is 20.4 Å². The fraction of sp³-hybridized carbons (Fsp3) is 0.486. The monoisotopic (exact) mass is 803 g/mol. The number of piperidine rings is 1. The summed E-state index contributed by atoms with van der Waals surface area (Å²) < 4.78 is 101. The molecule has 0 aromatic heterocycles. The number of aliphatic carboxylic acids is 1. The third-order valence-electron chi connectivity index (χ3n) is 9.68. The highest BCUT2D eigenvalue weighted by atomic mass is 79.9. The lowest BCUT2D eigenvalue weighted by atomic mass is 9.90. The first-order chi connectivity index (χ1) is 24.0. The van der Waals surface area contributed by atoms with Crippen LogP contribution in [0, 0.1) is 5.92 Å². The maximum Gasteiger partial charge on any atom is 0.490 e. The van der Waals surface area contributed by atoms with Crippen LogP contribution in [0.2, 0.25) is 0 Å². The predicted octanol–water partition coefficient (Wildman–Crippen LogP) is 7.11. The molecular weight excluding hydrogens is 765 g/mol. The van der Waals surface area contributed by atoms with Crippen LogP contribution in [0.1, 0.15) is 63.4 Å². The molecule has 3 atom stereocenters. The third kappa shape index (κ3) is 9.37. The molecule has 9 nitrogen and oxygen atoms in total. The van der Waals surface area contributed by atoms with Crippen LogP contribution in [0.25, 0.3) is 10.8 Å². The molecule has 3 aliphatic rings. The number of sulfonamides is 1. The van der Waals surface area contributed by atoms with E-state index in [1.54, 1.807) is 24.3 Å². The number of halogens is 6. The van der Waals surface area contributed by atoms with Gasteiger partial charge in [0.25, 0.3) is 5.92 Å². The number of hydrogen-bond donors (Lipinski definition) is 3. The molecule has 51 heavy (non-hydrogen) atoms. The SMILES string of the molecule is NC1CC2CCC(C1)N2C(=O)C(NS(=O)(=O)c1ccc(OCC2CCCCC2)cc1)C(F)(F)c1ccc2cc(Br)ccc2c1.O=C(O)C(F)(F)F. The summed E-state index contributed by atoms with van der Waals surface area (Å²) in [6.45, 7) is 0.553. The number of carboxylic acids is 1. The zero-order chi connectivity index (χ0) is 37.1. The van der Waals surface area contributed by atoms with Gasteiger partial charge >= 0.3 is 12.1 Å². The smallest absolute Gasteiger partial charge is 0.490 e. The first-order valence-electron chi connectivity index (χ1n) is 16.7.